The molecule has 9 heteroatoms. The Kier molecular flexibility index (Phi) is 9.28. The van der Waals surface area contributed by atoms with Crippen LogP contribution in [0.1, 0.15) is 56.6 Å². The summed E-state index contributed by atoms with van der Waals surface area (Å²) in [5.41, 5.74) is 2.15. The molecule has 0 aromatic heterocycles. The summed E-state index contributed by atoms with van der Waals surface area (Å²) in [5.74, 6) is 0.817. The zero-order chi connectivity index (χ0) is 30.5. The molecule has 43 heavy (non-hydrogen) atoms. The number of rotatable bonds is 9. The molecule has 1 N–H and O–H groups in total. The number of hydrogen-bond acceptors (Lipinski definition) is 6. The van der Waals surface area contributed by atoms with E-state index in [9.17, 15) is 9.59 Å². The van der Waals surface area contributed by atoms with Crippen molar-refractivity contribution in [2.45, 2.75) is 58.0 Å². The van der Waals surface area contributed by atoms with E-state index < -0.39 is 11.9 Å². The lowest BCUT2D eigenvalue weighted by Crippen LogP contribution is -2.46. The van der Waals surface area contributed by atoms with Crippen LogP contribution in [0.15, 0.2) is 83.9 Å². The van der Waals surface area contributed by atoms with E-state index in [2.05, 4.69) is 41.2 Å². The molecule has 0 bridgehead atoms. The first-order valence-electron chi connectivity index (χ1n) is 15.0. The van der Waals surface area contributed by atoms with Gasteiger partial charge in [0.05, 0.1) is 0 Å². The van der Waals surface area contributed by atoms with Gasteiger partial charge in [-0.1, -0.05) is 43.3 Å². The molecule has 1 aliphatic carbocycles. The van der Waals surface area contributed by atoms with Gasteiger partial charge in [-0.25, -0.2) is 4.39 Å². The zero-order valence-corrected chi connectivity index (χ0v) is 25.0. The van der Waals surface area contributed by atoms with Gasteiger partial charge in [0.25, 0.3) is 11.8 Å². The summed E-state index contributed by atoms with van der Waals surface area (Å²) in [5, 5.41) is 2.53. The van der Waals surface area contributed by atoms with Crippen molar-refractivity contribution >= 4 is 17.7 Å². The molecule has 2 heterocycles. The maximum atomic E-state index is 15.1. The van der Waals surface area contributed by atoms with Crippen LogP contribution in [0.25, 0.3) is 0 Å². The van der Waals surface area contributed by atoms with E-state index in [-0.39, 0.29) is 29.2 Å². The fourth-order valence-corrected chi connectivity index (χ4v) is 5.79. The lowest BCUT2D eigenvalue weighted by molar-refractivity contribution is -0.139. The molecule has 226 valence electrons. The van der Waals surface area contributed by atoms with E-state index >= 15 is 4.39 Å². The number of hydrogen-bond donors (Lipinski definition) is 1. The molecule has 8 nitrogen and oxygen atoms in total. The van der Waals surface area contributed by atoms with Crippen molar-refractivity contribution in [2.75, 3.05) is 20.1 Å². The third kappa shape index (κ3) is 6.50. The summed E-state index contributed by atoms with van der Waals surface area (Å²) < 4.78 is 27.1. The number of allylic oxidation sites excluding steroid dienone is 1. The van der Waals surface area contributed by atoms with Gasteiger partial charge in [-0.15, -0.1) is 0 Å². The van der Waals surface area contributed by atoms with Crippen molar-refractivity contribution in [3.8, 4) is 11.5 Å². The molecule has 1 saturated carbocycles. The highest BCUT2D eigenvalue weighted by atomic mass is 19.1. The van der Waals surface area contributed by atoms with E-state index in [0.29, 0.717) is 54.9 Å². The number of likely N-dealkylation sites (N-methyl/N-ethyl adjacent to an activating group) is 2. The van der Waals surface area contributed by atoms with Gasteiger partial charge in [-0.2, -0.15) is 4.99 Å². The smallest absolute Gasteiger partial charge is 0.267 e. The van der Waals surface area contributed by atoms with E-state index in [4.69, 9.17) is 9.47 Å². The van der Waals surface area contributed by atoms with Crippen LogP contribution in [-0.4, -0.2) is 53.8 Å². The molecule has 2 unspecified atom stereocenters. The van der Waals surface area contributed by atoms with Crippen molar-refractivity contribution < 1.29 is 23.5 Å². The Balaban J connectivity index is 1.29. The SMILES string of the molecule is C=C(C(=O)NC)N1C=CC(Oc2cc3c(cc2F)CCC(C(=O)N(CC)CC(c2ccccc2)C2CCC2)O3)=N/C1=C/C. The molecule has 3 aliphatic rings. The van der Waals surface area contributed by atoms with Crippen LogP contribution >= 0.6 is 0 Å². The molecule has 5 rings (SSSR count). The van der Waals surface area contributed by atoms with Crippen molar-refractivity contribution in [1.82, 2.24) is 15.1 Å². The Labute approximate surface area is 252 Å². The monoisotopic (exact) mass is 586 g/mol. The number of amides is 2. The number of halogens is 1. The van der Waals surface area contributed by atoms with E-state index in [1.807, 2.05) is 17.9 Å². The van der Waals surface area contributed by atoms with Gasteiger partial charge in [0, 0.05) is 44.4 Å². The molecular formula is C34H39FN4O4. The Morgan fingerprint density at radius 2 is 2.02 bits per heavy atom. The van der Waals surface area contributed by atoms with E-state index in [1.165, 1.54) is 55.0 Å². The molecule has 2 aliphatic heterocycles. The number of ether oxygens (including phenoxy) is 2. The predicted octanol–water partition coefficient (Wildman–Crippen LogP) is 5.68. The molecule has 2 amide bonds. The number of carbonyl (C=O) groups excluding carboxylic acids is 2. The van der Waals surface area contributed by atoms with Crippen LogP contribution in [0.3, 0.4) is 0 Å². The standard InChI is InChI=1S/C34H39FN4O4/c1-5-31-37-32(17-18-39(31)22(3)33(40)36-4)43-30-20-29-25(19-27(30)35)15-16-28(42-29)34(41)38(6-2)21-26(24-13-10-14-24)23-11-8-7-9-12-23/h5,7-9,11-12,17-20,24,26,28H,3,6,10,13-16,21H2,1-2,4H3,(H,36,40)/b31-5-. The van der Waals surface area contributed by atoms with E-state index in [1.54, 1.807) is 19.2 Å². The summed E-state index contributed by atoms with van der Waals surface area (Å²) >= 11 is 0. The highest BCUT2D eigenvalue weighted by Gasteiger charge is 2.35. The lowest BCUT2D eigenvalue weighted by atomic mass is 9.72. The summed E-state index contributed by atoms with van der Waals surface area (Å²) in [6, 6.07) is 13.3. The van der Waals surface area contributed by atoms with Gasteiger partial charge in [-0.05, 0) is 68.7 Å². The topological polar surface area (TPSA) is 83.5 Å². The number of fused-ring (bicyclic) bond motifs is 1. The van der Waals surface area contributed by atoms with Crippen LogP contribution in [0.2, 0.25) is 0 Å². The Hall–Kier alpha value is -4.40. The van der Waals surface area contributed by atoms with Gasteiger partial charge < -0.3 is 19.7 Å². The quantitative estimate of drug-likeness (QED) is 0.383. The predicted molar refractivity (Wildman–Crippen MR) is 164 cm³/mol. The van der Waals surface area contributed by atoms with Crippen molar-refractivity contribution in [3.05, 3.63) is 95.9 Å². The summed E-state index contributed by atoms with van der Waals surface area (Å²) in [4.78, 5) is 33.6. The second-order valence-corrected chi connectivity index (χ2v) is 11.0. The van der Waals surface area contributed by atoms with Crippen molar-refractivity contribution in [2.24, 2.45) is 10.9 Å². The second kappa shape index (κ2) is 13.3. The Morgan fingerprint density at radius 3 is 2.67 bits per heavy atom. The van der Waals surface area contributed by atoms with Crippen molar-refractivity contribution in [1.29, 1.82) is 0 Å². The third-order valence-corrected chi connectivity index (χ3v) is 8.48. The van der Waals surface area contributed by atoms with Crippen LogP contribution in [0, 0.1) is 11.7 Å². The number of aryl methyl sites for hydroxylation is 1. The number of aliphatic imine (C=N–C) groups is 1. The maximum Gasteiger partial charge on any atom is 0.267 e. The van der Waals surface area contributed by atoms with Gasteiger partial charge in [-0.3, -0.25) is 14.5 Å². The molecule has 2 atom stereocenters. The van der Waals surface area contributed by atoms with Crippen LogP contribution in [-0.2, 0) is 16.0 Å². The lowest BCUT2D eigenvalue weighted by Gasteiger charge is -2.38. The summed E-state index contributed by atoms with van der Waals surface area (Å²) in [6.07, 6.45) is 8.75. The Morgan fingerprint density at radius 1 is 1.26 bits per heavy atom. The third-order valence-electron chi connectivity index (χ3n) is 8.48. The molecule has 0 spiro atoms. The fourth-order valence-electron chi connectivity index (χ4n) is 5.79. The fraction of sp³-hybridized carbons (Fsp3) is 0.382. The normalized spacial score (nSPS) is 19.4. The summed E-state index contributed by atoms with van der Waals surface area (Å²) in [7, 11) is 1.52. The number of carbonyl (C=O) groups is 2. The largest absolute Gasteiger partial charge is 0.480 e. The average molecular weight is 587 g/mol. The first kappa shape index (κ1) is 30.1. The van der Waals surface area contributed by atoms with Crippen LogP contribution < -0.4 is 14.8 Å². The minimum absolute atomic E-state index is 0.0473. The van der Waals surface area contributed by atoms with Gasteiger partial charge in [0.1, 0.15) is 17.3 Å². The molecule has 0 saturated heterocycles. The minimum atomic E-state index is -0.658. The molecule has 2 aromatic carbocycles. The Bertz CT molecular complexity index is 1460. The number of benzene rings is 2. The first-order chi connectivity index (χ1) is 20.8. The molecule has 0 radical (unpaired) electrons. The minimum Gasteiger partial charge on any atom is -0.480 e. The molecular weight excluding hydrogens is 547 g/mol. The summed E-state index contributed by atoms with van der Waals surface area (Å²) in [6.45, 7) is 8.81. The highest BCUT2D eigenvalue weighted by molar-refractivity contribution is 5.95. The maximum absolute atomic E-state index is 15.1. The highest BCUT2D eigenvalue weighted by Crippen LogP contribution is 2.40. The first-order valence-corrected chi connectivity index (χ1v) is 15.0. The van der Waals surface area contributed by atoms with Crippen LogP contribution in [0.4, 0.5) is 4.39 Å². The number of nitrogens with one attached hydrogen (secondary N) is 1. The second-order valence-electron chi connectivity index (χ2n) is 11.0. The van der Waals surface area contributed by atoms with Crippen molar-refractivity contribution in [3.63, 3.8) is 0 Å². The van der Waals surface area contributed by atoms with E-state index in [0.717, 1.165) is 0 Å². The van der Waals surface area contributed by atoms with Gasteiger partial charge in [0.2, 0.25) is 5.90 Å². The zero-order valence-electron chi connectivity index (χ0n) is 25.0. The van der Waals surface area contributed by atoms with Gasteiger partial charge >= 0.3 is 0 Å². The molecule has 1 fully saturated rings. The number of nitrogens with zero attached hydrogens (tertiary/aromatic N) is 3. The van der Waals surface area contributed by atoms with Gasteiger partial charge in [0.15, 0.2) is 17.7 Å². The average Bonchev–Trinajstić information content (AvgIpc) is 3.01. The molecule has 2 aromatic rings. The van der Waals surface area contributed by atoms with Crippen LogP contribution in [0.5, 0.6) is 11.5 Å².